The number of methoxy groups -OCH3 is 1. The van der Waals surface area contributed by atoms with Gasteiger partial charge in [0.25, 0.3) is 0 Å². The predicted molar refractivity (Wildman–Crippen MR) is 101 cm³/mol. The molecule has 138 valence electrons. The molecule has 4 heteroatoms. The highest BCUT2D eigenvalue weighted by atomic mass is 16.5. The molecule has 0 atom stereocenters. The number of aromatic hydroxyl groups is 1. The normalized spacial score (nSPS) is 11.0. The van der Waals surface area contributed by atoms with Gasteiger partial charge in [0.05, 0.1) is 13.5 Å². The number of Topliss-reactive ketones (excluding diaryl/α,β-unsaturated/α-hetero) is 1. The number of unbranched alkanes of at least 4 members (excludes halogenated alkanes) is 6. The van der Waals surface area contributed by atoms with Crippen LogP contribution in [0.2, 0.25) is 0 Å². The first kappa shape index (κ1) is 20.9. The van der Waals surface area contributed by atoms with Crippen LogP contribution in [0.5, 0.6) is 11.5 Å². The fourth-order valence-electron chi connectivity index (χ4n) is 2.61. The second-order valence-electron chi connectivity index (χ2n) is 6.32. The van der Waals surface area contributed by atoms with Gasteiger partial charge < -0.3 is 9.84 Å². The molecule has 0 aromatic heterocycles. The van der Waals surface area contributed by atoms with E-state index in [2.05, 4.69) is 6.92 Å². The van der Waals surface area contributed by atoms with Gasteiger partial charge in [-0.1, -0.05) is 57.6 Å². The monoisotopic (exact) mass is 346 g/mol. The Labute approximate surface area is 150 Å². The summed E-state index contributed by atoms with van der Waals surface area (Å²) in [5.74, 6) is 0.215. The SMILES string of the molecule is CCCCCCCCCC(=O)CC(=O)/C=C\c1ccc(O)c(OC)c1. The summed E-state index contributed by atoms with van der Waals surface area (Å²) in [7, 11) is 1.47. The lowest BCUT2D eigenvalue weighted by atomic mass is 10.0. The van der Waals surface area contributed by atoms with Crippen LogP contribution >= 0.6 is 0 Å². The first-order valence-electron chi connectivity index (χ1n) is 9.16. The van der Waals surface area contributed by atoms with Gasteiger partial charge in [-0.25, -0.2) is 0 Å². The lowest BCUT2D eigenvalue weighted by molar-refractivity contribution is -0.124. The number of phenolic OH excluding ortho intramolecular Hbond substituents is 1. The Morgan fingerprint density at radius 2 is 1.76 bits per heavy atom. The van der Waals surface area contributed by atoms with Crippen molar-refractivity contribution in [2.75, 3.05) is 7.11 Å². The van der Waals surface area contributed by atoms with Crippen molar-refractivity contribution >= 4 is 17.6 Å². The van der Waals surface area contributed by atoms with Crippen LogP contribution in [0.4, 0.5) is 0 Å². The third kappa shape index (κ3) is 9.08. The van der Waals surface area contributed by atoms with Crippen LogP contribution in [0.3, 0.4) is 0 Å². The van der Waals surface area contributed by atoms with E-state index >= 15 is 0 Å². The van der Waals surface area contributed by atoms with Crippen molar-refractivity contribution in [3.8, 4) is 11.5 Å². The van der Waals surface area contributed by atoms with Crippen molar-refractivity contribution in [1.29, 1.82) is 0 Å². The van der Waals surface area contributed by atoms with E-state index in [9.17, 15) is 14.7 Å². The molecule has 0 amide bonds. The van der Waals surface area contributed by atoms with E-state index < -0.39 is 0 Å². The largest absolute Gasteiger partial charge is 0.504 e. The van der Waals surface area contributed by atoms with Crippen molar-refractivity contribution in [2.24, 2.45) is 0 Å². The Kier molecular flexibility index (Phi) is 10.3. The molecule has 0 aliphatic rings. The second-order valence-corrected chi connectivity index (χ2v) is 6.32. The molecule has 0 aliphatic carbocycles. The van der Waals surface area contributed by atoms with E-state index in [1.807, 2.05) is 0 Å². The van der Waals surface area contributed by atoms with Crippen LogP contribution in [0, 0.1) is 0 Å². The molecule has 0 spiro atoms. The van der Waals surface area contributed by atoms with E-state index in [4.69, 9.17) is 4.74 Å². The number of benzene rings is 1. The number of rotatable bonds is 13. The number of ketones is 2. The van der Waals surface area contributed by atoms with Crippen LogP contribution in [0.15, 0.2) is 24.3 Å². The maximum absolute atomic E-state index is 11.9. The van der Waals surface area contributed by atoms with Crippen molar-refractivity contribution in [3.63, 3.8) is 0 Å². The molecular formula is C21H30O4. The topological polar surface area (TPSA) is 63.6 Å². The van der Waals surface area contributed by atoms with Gasteiger partial charge in [-0.15, -0.1) is 0 Å². The minimum absolute atomic E-state index is 0.00601. The zero-order chi connectivity index (χ0) is 18.5. The lowest BCUT2D eigenvalue weighted by Crippen LogP contribution is -2.05. The summed E-state index contributed by atoms with van der Waals surface area (Å²) in [5, 5.41) is 9.53. The maximum atomic E-state index is 11.9. The molecule has 0 unspecified atom stereocenters. The van der Waals surface area contributed by atoms with Crippen molar-refractivity contribution in [1.82, 2.24) is 0 Å². The van der Waals surface area contributed by atoms with E-state index in [-0.39, 0.29) is 23.7 Å². The number of allylic oxidation sites excluding steroid dienone is 1. The number of carbonyl (C=O) groups excluding carboxylic acids is 2. The Morgan fingerprint density at radius 3 is 2.44 bits per heavy atom. The summed E-state index contributed by atoms with van der Waals surface area (Å²) in [6.07, 6.45) is 11.6. The Bertz CT molecular complexity index is 575. The van der Waals surface area contributed by atoms with Crippen molar-refractivity contribution in [3.05, 3.63) is 29.8 Å². The van der Waals surface area contributed by atoms with Crippen molar-refractivity contribution < 1.29 is 19.4 Å². The van der Waals surface area contributed by atoms with Crippen LogP contribution < -0.4 is 4.74 Å². The minimum Gasteiger partial charge on any atom is -0.504 e. The number of phenols is 1. The molecule has 0 bridgehead atoms. The molecule has 1 N–H and O–H groups in total. The van der Waals surface area contributed by atoms with Crippen LogP contribution in [0.25, 0.3) is 6.08 Å². The van der Waals surface area contributed by atoms with Gasteiger partial charge in [0.2, 0.25) is 0 Å². The Hall–Kier alpha value is -2.10. The zero-order valence-corrected chi connectivity index (χ0v) is 15.4. The Balaban J connectivity index is 2.28. The van der Waals surface area contributed by atoms with Crippen LogP contribution in [0.1, 0.15) is 70.3 Å². The number of ether oxygens (including phenoxy) is 1. The second kappa shape index (κ2) is 12.3. The highest BCUT2D eigenvalue weighted by molar-refractivity contribution is 6.06. The maximum Gasteiger partial charge on any atom is 0.163 e. The van der Waals surface area contributed by atoms with E-state index in [1.54, 1.807) is 18.2 Å². The van der Waals surface area contributed by atoms with Gasteiger partial charge >= 0.3 is 0 Å². The van der Waals surface area contributed by atoms with Gasteiger partial charge in [0.15, 0.2) is 17.3 Å². The fourth-order valence-corrected chi connectivity index (χ4v) is 2.61. The summed E-state index contributed by atoms with van der Waals surface area (Å²) in [6.45, 7) is 2.20. The molecule has 0 radical (unpaired) electrons. The van der Waals surface area contributed by atoms with E-state index in [1.165, 1.54) is 51.4 Å². The highest BCUT2D eigenvalue weighted by Gasteiger charge is 2.07. The molecular weight excluding hydrogens is 316 g/mol. The quantitative estimate of drug-likeness (QED) is 0.307. The van der Waals surface area contributed by atoms with E-state index in [0.29, 0.717) is 12.2 Å². The molecule has 0 fully saturated rings. The molecule has 0 saturated heterocycles. The smallest absolute Gasteiger partial charge is 0.163 e. The third-order valence-corrected chi connectivity index (χ3v) is 4.10. The van der Waals surface area contributed by atoms with Gasteiger partial charge in [-0.05, 0) is 30.2 Å². The van der Waals surface area contributed by atoms with Gasteiger partial charge in [0, 0.05) is 6.42 Å². The summed E-state index contributed by atoms with van der Waals surface area (Å²) in [4.78, 5) is 23.7. The molecule has 4 nitrogen and oxygen atoms in total. The average Bonchev–Trinajstić information content (AvgIpc) is 2.60. The predicted octanol–water partition coefficient (Wildman–Crippen LogP) is 5.08. The number of carbonyl (C=O) groups is 2. The minimum atomic E-state index is -0.194. The standard InChI is InChI=1S/C21H30O4/c1-3-4-5-6-7-8-9-10-18(22)16-19(23)13-11-17-12-14-20(24)21(15-17)25-2/h11-15,24H,3-10,16H2,1-2H3/b13-11-. The summed E-state index contributed by atoms with van der Waals surface area (Å²) in [5.41, 5.74) is 0.738. The summed E-state index contributed by atoms with van der Waals surface area (Å²) in [6, 6.07) is 4.83. The summed E-state index contributed by atoms with van der Waals surface area (Å²) >= 11 is 0. The molecule has 0 aliphatic heterocycles. The fraction of sp³-hybridized carbons (Fsp3) is 0.524. The van der Waals surface area contributed by atoms with Crippen LogP contribution in [-0.2, 0) is 9.59 Å². The first-order chi connectivity index (χ1) is 12.1. The number of hydrogen-bond acceptors (Lipinski definition) is 4. The van der Waals surface area contributed by atoms with Gasteiger partial charge in [0.1, 0.15) is 5.78 Å². The third-order valence-electron chi connectivity index (χ3n) is 4.10. The molecule has 0 heterocycles. The van der Waals surface area contributed by atoms with E-state index in [0.717, 1.165) is 18.4 Å². The average molecular weight is 346 g/mol. The number of hydrogen-bond donors (Lipinski definition) is 1. The summed E-state index contributed by atoms with van der Waals surface area (Å²) < 4.78 is 5.02. The van der Waals surface area contributed by atoms with Gasteiger partial charge in [-0.3, -0.25) is 9.59 Å². The molecule has 25 heavy (non-hydrogen) atoms. The first-order valence-corrected chi connectivity index (χ1v) is 9.16. The van der Waals surface area contributed by atoms with Gasteiger partial charge in [-0.2, -0.15) is 0 Å². The Morgan fingerprint density at radius 1 is 1.08 bits per heavy atom. The van der Waals surface area contributed by atoms with Crippen molar-refractivity contribution in [2.45, 2.75) is 64.7 Å². The lowest BCUT2D eigenvalue weighted by Gasteiger charge is -2.03. The van der Waals surface area contributed by atoms with Crippen LogP contribution in [-0.4, -0.2) is 23.8 Å². The highest BCUT2D eigenvalue weighted by Crippen LogP contribution is 2.26. The molecule has 1 rings (SSSR count). The zero-order valence-electron chi connectivity index (χ0n) is 15.4. The molecule has 1 aromatic rings. The molecule has 1 aromatic carbocycles. The molecule has 0 saturated carbocycles.